The zero-order valence-electron chi connectivity index (χ0n) is 17.1. The standard InChI is InChI=1S/C22H27N3O3S/c1-15(2)16-8-10-17(11-9-16)21(18-6-5-13-29-18)23-19(26)7-4-12-25-20(27)14-24(3)22(25)28/h5-6,8-11,13,15,21H,4,7,12,14H2,1-3H3,(H,23,26). The normalized spacial score (nSPS) is 15.3. The van der Waals surface area contributed by atoms with E-state index in [1.54, 1.807) is 18.4 Å². The van der Waals surface area contributed by atoms with Crippen LogP contribution in [-0.4, -0.2) is 47.8 Å². The van der Waals surface area contributed by atoms with E-state index in [1.165, 1.54) is 15.4 Å². The number of benzene rings is 1. The third kappa shape index (κ3) is 5.03. The van der Waals surface area contributed by atoms with Gasteiger partial charge in [0, 0.05) is 24.9 Å². The first kappa shape index (κ1) is 21.0. The highest BCUT2D eigenvalue weighted by Crippen LogP contribution is 2.27. The molecule has 0 spiro atoms. The van der Waals surface area contributed by atoms with E-state index in [1.807, 2.05) is 17.5 Å². The van der Waals surface area contributed by atoms with Gasteiger partial charge in [0.25, 0.3) is 0 Å². The molecule has 1 saturated heterocycles. The van der Waals surface area contributed by atoms with Crippen LogP contribution >= 0.6 is 11.3 Å². The summed E-state index contributed by atoms with van der Waals surface area (Å²) in [5, 5.41) is 5.11. The highest BCUT2D eigenvalue weighted by Gasteiger charge is 2.33. The molecule has 1 fully saturated rings. The quantitative estimate of drug-likeness (QED) is 0.670. The lowest BCUT2D eigenvalue weighted by atomic mass is 9.98. The van der Waals surface area contributed by atoms with Gasteiger partial charge in [0.1, 0.15) is 6.54 Å². The van der Waals surface area contributed by atoms with Crippen LogP contribution in [0, 0.1) is 0 Å². The Balaban J connectivity index is 1.62. The lowest BCUT2D eigenvalue weighted by molar-refractivity contribution is -0.126. The number of hydrogen-bond acceptors (Lipinski definition) is 4. The summed E-state index contributed by atoms with van der Waals surface area (Å²) in [4.78, 5) is 40.0. The van der Waals surface area contributed by atoms with Gasteiger partial charge in [-0.1, -0.05) is 44.2 Å². The fraction of sp³-hybridized carbons (Fsp3) is 0.409. The van der Waals surface area contributed by atoms with Crippen LogP contribution in [0.15, 0.2) is 41.8 Å². The van der Waals surface area contributed by atoms with Crippen LogP contribution in [0.1, 0.15) is 54.7 Å². The van der Waals surface area contributed by atoms with Crippen molar-refractivity contribution in [1.82, 2.24) is 15.1 Å². The zero-order valence-corrected chi connectivity index (χ0v) is 17.9. The number of imide groups is 1. The van der Waals surface area contributed by atoms with E-state index in [9.17, 15) is 14.4 Å². The molecule has 1 aromatic carbocycles. The van der Waals surface area contributed by atoms with Gasteiger partial charge in [0.05, 0.1) is 6.04 Å². The Morgan fingerprint density at radius 3 is 2.38 bits per heavy atom. The van der Waals surface area contributed by atoms with Gasteiger partial charge in [0.2, 0.25) is 11.8 Å². The van der Waals surface area contributed by atoms with Crippen molar-refractivity contribution in [2.75, 3.05) is 20.1 Å². The molecule has 1 aliphatic heterocycles. The smallest absolute Gasteiger partial charge is 0.326 e. The minimum atomic E-state index is -0.294. The number of carbonyl (C=O) groups is 3. The summed E-state index contributed by atoms with van der Waals surface area (Å²) >= 11 is 1.61. The molecule has 1 atom stereocenters. The Hall–Kier alpha value is -2.67. The van der Waals surface area contributed by atoms with Gasteiger partial charge in [-0.3, -0.25) is 14.5 Å². The Labute approximate surface area is 175 Å². The molecule has 29 heavy (non-hydrogen) atoms. The molecule has 1 aromatic heterocycles. The van der Waals surface area contributed by atoms with Crippen LogP contribution in [0.2, 0.25) is 0 Å². The predicted octanol–water partition coefficient (Wildman–Crippen LogP) is 3.75. The number of amides is 4. The summed E-state index contributed by atoms with van der Waals surface area (Å²) in [6.07, 6.45) is 0.702. The van der Waals surface area contributed by atoms with Gasteiger partial charge in [-0.2, -0.15) is 0 Å². The summed E-state index contributed by atoms with van der Waals surface area (Å²) in [6, 6.07) is 11.8. The molecule has 0 aliphatic carbocycles. The van der Waals surface area contributed by atoms with Crippen molar-refractivity contribution in [2.45, 2.75) is 38.6 Å². The third-order valence-corrected chi connectivity index (χ3v) is 6.02. The van der Waals surface area contributed by atoms with Crippen LogP contribution in [-0.2, 0) is 9.59 Å². The van der Waals surface area contributed by atoms with E-state index in [0.29, 0.717) is 12.3 Å². The number of nitrogens with one attached hydrogen (secondary N) is 1. The van der Waals surface area contributed by atoms with Crippen molar-refractivity contribution in [2.24, 2.45) is 0 Å². The van der Waals surface area contributed by atoms with Crippen molar-refractivity contribution in [3.05, 3.63) is 57.8 Å². The van der Waals surface area contributed by atoms with Crippen LogP contribution in [0.25, 0.3) is 0 Å². The predicted molar refractivity (Wildman–Crippen MR) is 114 cm³/mol. The second-order valence-corrected chi connectivity index (χ2v) is 8.60. The largest absolute Gasteiger partial charge is 0.344 e. The van der Waals surface area contributed by atoms with Gasteiger partial charge in [-0.25, -0.2) is 4.79 Å². The number of likely N-dealkylation sites (N-methyl/N-ethyl adjacent to an activating group) is 1. The molecule has 2 aromatic rings. The van der Waals surface area contributed by atoms with E-state index in [0.717, 1.165) is 10.4 Å². The Kier molecular flexibility index (Phi) is 6.69. The van der Waals surface area contributed by atoms with Crippen molar-refractivity contribution in [1.29, 1.82) is 0 Å². The van der Waals surface area contributed by atoms with E-state index in [2.05, 4.69) is 43.4 Å². The van der Waals surface area contributed by atoms with Gasteiger partial charge >= 0.3 is 6.03 Å². The highest BCUT2D eigenvalue weighted by molar-refractivity contribution is 7.10. The number of rotatable bonds is 8. The molecule has 1 aliphatic rings. The lowest BCUT2D eigenvalue weighted by Gasteiger charge is -2.19. The molecule has 1 N–H and O–H groups in total. The first-order chi connectivity index (χ1) is 13.9. The van der Waals surface area contributed by atoms with Gasteiger partial charge in [-0.05, 0) is 34.9 Å². The molecule has 3 rings (SSSR count). The molecule has 0 bridgehead atoms. The van der Waals surface area contributed by atoms with E-state index < -0.39 is 0 Å². The Morgan fingerprint density at radius 1 is 1.14 bits per heavy atom. The van der Waals surface area contributed by atoms with Crippen LogP contribution < -0.4 is 5.32 Å². The summed E-state index contributed by atoms with van der Waals surface area (Å²) in [7, 11) is 1.60. The maximum Gasteiger partial charge on any atom is 0.326 e. The van der Waals surface area contributed by atoms with Crippen molar-refractivity contribution in [3.63, 3.8) is 0 Å². The van der Waals surface area contributed by atoms with Gasteiger partial charge in [0.15, 0.2) is 0 Å². The highest BCUT2D eigenvalue weighted by atomic mass is 32.1. The maximum absolute atomic E-state index is 12.6. The monoisotopic (exact) mass is 413 g/mol. The Morgan fingerprint density at radius 2 is 1.83 bits per heavy atom. The van der Waals surface area contributed by atoms with Crippen molar-refractivity contribution in [3.8, 4) is 0 Å². The molecule has 2 heterocycles. The third-order valence-electron chi connectivity index (χ3n) is 5.09. The van der Waals surface area contributed by atoms with E-state index in [-0.39, 0.29) is 43.4 Å². The molecule has 154 valence electrons. The minimum absolute atomic E-state index is 0.0937. The fourth-order valence-electron chi connectivity index (χ4n) is 3.37. The molecular formula is C22H27N3O3S. The maximum atomic E-state index is 12.6. The molecule has 7 heteroatoms. The summed E-state index contributed by atoms with van der Waals surface area (Å²) < 4.78 is 0. The minimum Gasteiger partial charge on any atom is -0.344 e. The molecule has 0 radical (unpaired) electrons. The number of urea groups is 1. The molecular weight excluding hydrogens is 386 g/mol. The topological polar surface area (TPSA) is 69.7 Å². The van der Waals surface area contributed by atoms with Gasteiger partial charge < -0.3 is 10.2 Å². The Bertz CT molecular complexity index is 862. The van der Waals surface area contributed by atoms with Crippen LogP contribution in [0.5, 0.6) is 0 Å². The number of thiophene rings is 1. The average molecular weight is 414 g/mol. The summed E-state index contributed by atoms with van der Waals surface area (Å²) in [5.74, 6) is 0.150. The second-order valence-electron chi connectivity index (χ2n) is 7.62. The first-order valence-electron chi connectivity index (χ1n) is 9.85. The van der Waals surface area contributed by atoms with Gasteiger partial charge in [-0.15, -0.1) is 11.3 Å². The average Bonchev–Trinajstić information content (AvgIpc) is 3.30. The van der Waals surface area contributed by atoms with E-state index in [4.69, 9.17) is 0 Å². The van der Waals surface area contributed by atoms with E-state index >= 15 is 0 Å². The van der Waals surface area contributed by atoms with Crippen LogP contribution in [0.3, 0.4) is 0 Å². The number of carbonyl (C=O) groups excluding carboxylic acids is 3. The number of hydrogen-bond donors (Lipinski definition) is 1. The fourth-order valence-corrected chi connectivity index (χ4v) is 4.17. The molecule has 4 amide bonds. The summed E-state index contributed by atoms with van der Waals surface area (Å²) in [5.41, 5.74) is 2.30. The molecule has 6 nitrogen and oxygen atoms in total. The lowest BCUT2D eigenvalue weighted by Crippen LogP contribution is -2.34. The van der Waals surface area contributed by atoms with Crippen LogP contribution in [0.4, 0.5) is 4.79 Å². The second kappa shape index (κ2) is 9.22. The summed E-state index contributed by atoms with van der Waals surface area (Å²) in [6.45, 7) is 4.68. The molecule has 1 unspecified atom stereocenters. The van der Waals surface area contributed by atoms with Crippen molar-refractivity contribution < 1.29 is 14.4 Å². The van der Waals surface area contributed by atoms with Crippen molar-refractivity contribution >= 4 is 29.2 Å². The number of nitrogens with zero attached hydrogens (tertiary/aromatic N) is 2. The molecule has 0 saturated carbocycles. The first-order valence-corrected chi connectivity index (χ1v) is 10.7. The SMILES string of the molecule is CC(C)c1ccc(C(NC(=O)CCCN2C(=O)CN(C)C2=O)c2cccs2)cc1. The zero-order chi connectivity index (χ0) is 21.0.